The van der Waals surface area contributed by atoms with E-state index in [9.17, 15) is 22.8 Å². The molecule has 3 aromatic heterocycles. The first-order valence-corrected chi connectivity index (χ1v) is 11.6. The van der Waals surface area contributed by atoms with Gasteiger partial charge >= 0.3 is 11.9 Å². The molecule has 37 heavy (non-hydrogen) atoms. The van der Waals surface area contributed by atoms with Crippen molar-refractivity contribution >= 4 is 27.8 Å². The topological polar surface area (TPSA) is 86.7 Å². The molecule has 5 aromatic rings. The van der Waals surface area contributed by atoms with Crippen molar-refractivity contribution in [3.05, 3.63) is 77.6 Å². The number of pyridine rings is 1. The van der Waals surface area contributed by atoms with Gasteiger partial charge in [-0.2, -0.15) is 18.3 Å². The Morgan fingerprint density at radius 1 is 1.00 bits per heavy atom. The highest BCUT2D eigenvalue weighted by Crippen LogP contribution is 2.28. The van der Waals surface area contributed by atoms with Crippen LogP contribution < -0.4 is 11.0 Å². The summed E-state index contributed by atoms with van der Waals surface area (Å²) in [6.45, 7) is 0.877. The van der Waals surface area contributed by atoms with Crippen LogP contribution >= 0.6 is 0 Å². The van der Waals surface area contributed by atoms with Gasteiger partial charge in [0.25, 0.3) is 0 Å². The Hall–Kier alpha value is -4.41. The largest absolute Gasteiger partial charge is 0.391 e. The Kier molecular flexibility index (Phi) is 6.06. The van der Waals surface area contributed by atoms with Gasteiger partial charge in [0.1, 0.15) is 6.54 Å². The van der Waals surface area contributed by atoms with Crippen LogP contribution in [0.4, 0.5) is 13.2 Å². The van der Waals surface area contributed by atoms with Crippen molar-refractivity contribution in [1.29, 1.82) is 0 Å². The van der Waals surface area contributed by atoms with Crippen LogP contribution in [0.1, 0.15) is 13.3 Å². The predicted octanol–water partition coefficient (Wildman–Crippen LogP) is 4.20. The van der Waals surface area contributed by atoms with Crippen LogP contribution in [-0.2, 0) is 18.4 Å². The first-order valence-electron chi connectivity index (χ1n) is 11.6. The number of aryl methyl sites for hydroxylation is 1. The highest BCUT2D eigenvalue weighted by molar-refractivity contribution is 5.93. The van der Waals surface area contributed by atoms with Gasteiger partial charge in [-0.15, -0.1) is 0 Å². The maximum Gasteiger partial charge on any atom is 0.391 e. The SMILES string of the molecule is CC(CC(F)(F)F)NC(=O)Cn1c(=O)n(-c2ccc(-c3cncc4c3cnn4C)cc2)c2ccccc21. The minimum absolute atomic E-state index is 0.401. The van der Waals surface area contributed by atoms with Crippen LogP contribution in [0.2, 0.25) is 0 Å². The molecule has 3 heterocycles. The normalized spacial score (nSPS) is 12.8. The Morgan fingerprint density at radius 3 is 2.41 bits per heavy atom. The molecule has 0 aliphatic heterocycles. The maximum absolute atomic E-state index is 13.4. The van der Waals surface area contributed by atoms with Gasteiger partial charge in [0.2, 0.25) is 5.91 Å². The van der Waals surface area contributed by atoms with Crippen LogP contribution in [0.25, 0.3) is 38.8 Å². The molecule has 0 fully saturated rings. The van der Waals surface area contributed by atoms with Crippen molar-refractivity contribution in [2.45, 2.75) is 32.1 Å². The average Bonchev–Trinajstić information content (AvgIpc) is 3.35. The van der Waals surface area contributed by atoms with E-state index in [4.69, 9.17) is 0 Å². The second-order valence-corrected chi connectivity index (χ2v) is 8.92. The summed E-state index contributed by atoms with van der Waals surface area (Å²) in [5, 5.41) is 7.57. The zero-order valence-electron chi connectivity index (χ0n) is 20.0. The van der Waals surface area contributed by atoms with Crippen molar-refractivity contribution in [3.63, 3.8) is 0 Å². The van der Waals surface area contributed by atoms with Gasteiger partial charge in [-0.3, -0.25) is 23.6 Å². The molecule has 8 nitrogen and oxygen atoms in total. The number of carbonyl (C=O) groups is 1. The van der Waals surface area contributed by atoms with Gasteiger partial charge in [-0.25, -0.2) is 4.79 Å². The van der Waals surface area contributed by atoms with Gasteiger partial charge in [0.15, 0.2) is 0 Å². The van der Waals surface area contributed by atoms with E-state index in [-0.39, 0.29) is 0 Å². The van der Waals surface area contributed by atoms with E-state index in [1.165, 1.54) is 16.1 Å². The molecule has 0 aliphatic rings. The molecule has 2 aromatic carbocycles. The molecule has 1 amide bonds. The van der Waals surface area contributed by atoms with Crippen molar-refractivity contribution in [3.8, 4) is 16.8 Å². The van der Waals surface area contributed by atoms with Crippen LogP contribution in [-0.4, -0.2) is 42.0 Å². The van der Waals surface area contributed by atoms with Crippen LogP contribution in [0.3, 0.4) is 0 Å². The Morgan fingerprint density at radius 2 is 1.70 bits per heavy atom. The molecule has 0 radical (unpaired) electrons. The summed E-state index contributed by atoms with van der Waals surface area (Å²) < 4.78 is 42.4. The molecule has 0 saturated heterocycles. The molecule has 1 N–H and O–H groups in total. The van der Waals surface area contributed by atoms with Crippen molar-refractivity contribution < 1.29 is 18.0 Å². The Bertz CT molecular complexity index is 1660. The number of halogens is 3. The van der Waals surface area contributed by atoms with Gasteiger partial charge in [-0.05, 0) is 36.8 Å². The van der Waals surface area contributed by atoms with Crippen LogP contribution in [0.5, 0.6) is 0 Å². The zero-order chi connectivity index (χ0) is 26.3. The first kappa shape index (κ1) is 24.3. The molecule has 0 bridgehead atoms. The molecule has 1 unspecified atom stereocenters. The lowest BCUT2D eigenvalue weighted by Gasteiger charge is -2.16. The smallest absolute Gasteiger partial charge is 0.352 e. The quantitative estimate of drug-likeness (QED) is 0.373. The number of nitrogens with one attached hydrogen (secondary N) is 1. The minimum Gasteiger partial charge on any atom is -0.352 e. The number of fused-ring (bicyclic) bond motifs is 2. The summed E-state index contributed by atoms with van der Waals surface area (Å²) in [6, 6.07) is 13.2. The first-order chi connectivity index (χ1) is 17.6. The Balaban J connectivity index is 1.48. The number of hydrogen-bond acceptors (Lipinski definition) is 4. The van der Waals surface area contributed by atoms with E-state index in [1.54, 1.807) is 59.7 Å². The number of para-hydroxylation sites is 2. The molecule has 11 heteroatoms. The van der Waals surface area contributed by atoms with Gasteiger partial charge < -0.3 is 5.32 Å². The van der Waals surface area contributed by atoms with Crippen molar-refractivity contribution in [2.75, 3.05) is 0 Å². The van der Waals surface area contributed by atoms with Gasteiger partial charge in [0, 0.05) is 30.2 Å². The zero-order valence-corrected chi connectivity index (χ0v) is 20.0. The monoisotopic (exact) mass is 508 g/mol. The molecule has 0 saturated carbocycles. The number of benzene rings is 2. The number of aromatic nitrogens is 5. The number of nitrogens with zero attached hydrogens (tertiary/aromatic N) is 5. The lowest BCUT2D eigenvalue weighted by Crippen LogP contribution is -2.39. The lowest BCUT2D eigenvalue weighted by molar-refractivity contribution is -0.141. The molecular formula is C26H23F3N6O2. The van der Waals surface area contributed by atoms with E-state index >= 15 is 0 Å². The highest BCUT2D eigenvalue weighted by atomic mass is 19.4. The molecule has 0 spiro atoms. The summed E-state index contributed by atoms with van der Waals surface area (Å²) in [7, 11) is 1.84. The second kappa shape index (κ2) is 9.23. The number of rotatable bonds is 6. The highest BCUT2D eigenvalue weighted by Gasteiger charge is 2.30. The predicted molar refractivity (Wildman–Crippen MR) is 133 cm³/mol. The molecule has 0 aliphatic carbocycles. The fourth-order valence-corrected chi connectivity index (χ4v) is 4.55. The third-order valence-corrected chi connectivity index (χ3v) is 6.19. The van der Waals surface area contributed by atoms with Crippen molar-refractivity contribution in [2.24, 2.45) is 7.05 Å². The molecule has 190 valence electrons. The summed E-state index contributed by atoms with van der Waals surface area (Å²) in [4.78, 5) is 30.2. The van der Waals surface area contributed by atoms with E-state index in [0.29, 0.717) is 16.7 Å². The Labute approximate surface area is 209 Å². The van der Waals surface area contributed by atoms with E-state index in [0.717, 1.165) is 22.0 Å². The third-order valence-electron chi connectivity index (χ3n) is 6.19. The number of amides is 1. The van der Waals surface area contributed by atoms with Gasteiger partial charge in [-0.1, -0.05) is 24.3 Å². The lowest BCUT2D eigenvalue weighted by atomic mass is 10.0. The van der Waals surface area contributed by atoms with E-state index in [2.05, 4.69) is 15.4 Å². The summed E-state index contributed by atoms with van der Waals surface area (Å²) in [5.74, 6) is -0.672. The number of alkyl halides is 3. The summed E-state index contributed by atoms with van der Waals surface area (Å²) in [5.41, 5.74) is 3.88. The fourth-order valence-electron chi connectivity index (χ4n) is 4.55. The maximum atomic E-state index is 13.4. The molecule has 1 atom stereocenters. The standard InChI is InChI=1S/C26H23F3N6O2/c1-16(11-26(27,28)29)32-24(36)15-34-21-5-3-4-6-22(21)35(25(34)37)18-9-7-17(8-10-18)19-12-30-14-23-20(19)13-31-33(23)2/h3-10,12-14,16H,11,15H2,1-2H3,(H,32,36). The number of imidazole rings is 1. The molecule has 5 rings (SSSR count). The number of hydrogen-bond donors (Lipinski definition) is 1. The minimum atomic E-state index is -4.40. The molecular weight excluding hydrogens is 485 g/mol. The number of carbonyl (C=O) groups excluding carboxylic acids is 1. The van der Waals surface area contributed by atoms with Gasteiger partial charge in [0.05, 0.1) is 41.1 Å². The van der Waals surface area contributed by atoms with Crippen LogP contribution in [0, 0.1) is 0 Å². The van der Waals surface area contributed by atoms with Crippen LogP contribution in [0.15, 0.2) is 71.9 Å². The summed E-state index contributed by atoms with van der Waals surface area (Å²) in [6.07, 6.45) is -0.266. The van der Waals surface area contributed by atoms with E-state index < -0.39 is 36.8 Å². The van der Waals surface area contributed by atoms with Crippen molar-refractivity contribution in [1.82, 2.24) is 29.2 Å². The third kappa shape index (κ3) is 4.72. The average molecular weight is 509 g/mol. The summed E-state index contributed by atoms with van der Waals surface area (Å²) >= 11 is 0. The second-order valence-electron chi connectivity index (χ2n) is 8.92. The van der Waals surface area contributed by atoms with E-state index in [1.807, 2.05) is 19.2 Å². The fraction of sp³-hybridized carbons (Fsp3) is 0.231.